The number of nitrogens with zero attached hydrogens (tertiary/aromatic N) is 3. The van der Waals surface area contributed by atoms with E-state index in [0.717, 1.165) is 15.9 Å². The van der Waals surface area contributed by atoms with Crippen LogP contribution >= 0.6 is 27.7 Å². The van der Waals surface area contributed by atoms with E-state index in [4.69, 9.17) is 0 Å². The van der Waals surface area contributed by atoms with Gasteiger partial charge in [0.2, 0.25) is 11.8 Å². The lowest BCUT2D eigenvalue weighted by atomic mass is 10.3. The lowest BCUT2D eigenvalue weighted by Gasteiger charge is -2.14. The first kappa shape index (κ1) is 16.1. The molecule has 0 bridgehead atoms. The summed E-state index contributed by atoms with van der Waals surface area (Å²) in [4.78, 5) is 34.7. The number of carbonyl (C=O) groups is 2. The molecule has 3 rings (SSSR count). The highest BCUT2D eigenvalue weighted by Crippen LogP contribution is 2.33. The molecule has 2 amide bonds. The van der Waals surface area contributed by atoms with Crippen LogP contribution in [0.15, 0.2) is 40.0 Å². The van der Waals surface area contributed by atoms with Crippen molar-refractivity contribution in [2.45, 2.75) is 30.7 Å². The molecular weight excluding hydrogens is 378 g/mol. The van der Waals surface area contributed by atoms with Gasteiger partial charge in [0, 0.05) is 22.3 Å². The summed E-state index contributed by atoms with van der Waals surface area (Å²) >= 11 is 4.59. The Morgan fingerprint density at radius 3 is 2.35 bits per heavy atom. The maximum absolute atomic E-state index is 12.6. The molecule has 0 N–H and O–H groups in total. The van der Waals surface area contributed by atoms with Gasteiger partial charge in [-0.05, 0) is 44.2 Å². The smallest absolute Gasteiger partial charge is 0.247 e. The van der Waals surface area contributed by atoms with E-state index in [1.807, 2.05) is 32.0 Å². The summed E-state index contributed by atoms with van der Waals surface area (Å²) < 4.78 is 0.898. The van der Waals surface area contributed by atoms with E-state index < -0.39 is 5.25 Å². The monoisotopic (exact) mass is 391 g/mol. The van der Waals surface area contributed by atoms with Gasteiger partial charge in [-0.3, -0.25) is 9.59 Å². The summed E-state index contributed by atoms with van der Waals surface area (Å²) in [5.41, 5.74) is 2.29. The Kier molecular flexibility index (Phi) is 4.50. The summed E-state index contributed by atoms with van der Waals surface area (Å²) in [7, 11) is 0. The van der Waals surface area contributed by atoms with Crippen LogP contribution in [0.5, 0.6) is 0 Å². The Hall–Kier alpha value is -1.73. The predicted octanol–water partition coefficient (Wildman–Crippen LogP) is 3.28. The number of aromatic nitrogens is 2. The quantitative estimate of drug-likeness (QED) is 0.593. The summed E-state index contributed by atoms with van der Waals surface area (Å²) in [6.45, 7) is 3.77. The van der Waals surface area contributed by atoms with E-state index >= 15 is 0 Å². The number of rotatable bonds is 3. The standard InChI is InChI=1S/C16H14BrN3O2S/c1-9-7-10(2)19-16(18-9)23-13-8-14(21)20(15(13)22)12-5-3-11(17)4-6-12/h3-7,13H,8H2,1-2H3/t13-/m1/s1. The van der Waals surface area contributed by atoms with Crippen molar-refractivity contribution in [1.29, 1.82) is 0 Å². The van der Waals surface area contributed by atoms with Crippen molar-refractivity contribution in [2.75, 3.05) is 4.90 Å². The molecule has 118 valence electrons. The third-order valence-corrected chi connectivity index (χ3v) is 4.97. The predicted molar refractivity (Wildman–Crippen MR) is 92.4 cm³/mol. The van der Waals surface area contributed by atoms with E-state index in [-0.39, 0.29) is 18.2 Å². The van der Waals surface area contributed by atoms with Crippen LogP contribution < -0.4 is 4.90 Å². The Balaban J connectivity index is 1.82. The second-order valence-corrected chi connectivity index (χ2v) is 7.37. The van der Waals surface area contributed by atoms with Crippen molar-refractivity contribution in [2.24, 2.45) is 0 Å². The molecule has 1 aromatic carbocycles. The van der Waals surface area contributed by atoms with Crippen LogP contribution in [0.4, 0.5) is 5.69 Å². The average Bonchev–Trinajstić information content (AvgIpc) is 2.74. The third-order valence-electron chi connectivity index (χ3n) is 3.40. The van der Waals surface area contributed by atoms with Crippen molar-refractivity contribution in [1.82, 2.24) is 9.97 Å². The van der Waals surface area contributed by atoms with E-state index in [1.54, 1.807) is 12.1 Å². The Morgan fingerprint density at radius 2 is 1.74 bits per heavy atom. The summed E-state index contributed by atoms with van der Waals surface area (Å²) in [5.74, 6) is -0.413. The van der Waals surface area contributed by atoms with Crippen LogP contribution in [0, 0.1) is 13.8 Å². The average molecular weight is 392 g/mol. The molecule has 1 saturated heterocycles. The molecule has 1 aromatic heterocycles. The zero-order valence-electron chi connectivity index (χ0n) is 12.6. The zero-order valence-corrected chi connectivity index (χ0v) is 15.0. The minimum absolute atomic E-state index is 0.163. The van der Waals surface area contributed by atoms with Gasteiger partial charge in [0.15, 0.2) is 5.16 Å². The normalized spacial score (nSPS) is 17.9. The lowest BCUT2D eigenvalue weighted by Crippen LogP contribution is -2.31. The number of thioether (sulfide) groups is 1. The van der Waals surface area contributed by atoms with E-state index in [1.165, 1.54) is 16.7 Å². The molecule has 0 unspecified atom stereocenters. The minimum atomic E-state index is -0.479. The van der Waals surface area contributed by atoms with Crippen molar-refractivity contribution in [3.63, 3.8) is 0 Å². The van der Waals surface area contributed by atoms with Gasteiger partial charge < -0.3 is 0 Å². The molecule has 0 spiro atoms. The number of imide groups is 1. The molecule has 2 heterocycles. The Labute approximate surface area is 146 Å². The molecule has 0 saturated carbocycles. The largest absolute Gasteiger partial charge is 0.274 e. The van der Waals surface area contributed by atoms with Crippen LogP contribution in [0.3, 0.4) is 0 Å². The van der Waals surface area contributed by atoms with Crippen LogP contribution in [0.1, 0.15) is 17.8 Å². The maximum Gasteiger partial charge on any atom is 0.247 e. The van der Waals surface area contributed by atoms with Gasteiger partial charge in [0.1, 0.15) is 5.25 Å². The summed E-state index contributed by atoms with van der Waals surface area (Å²) in [6, 6.07) is 8.99. The van der Waals surface area contributed by atoms with Crippen molar-refractivity contribution >= 4 is 45.2 Å². The minimum Gasteiger partial charge on any atom is -0.274 e. The maximum atomic E-state index is 12.6. The highest BCUT2D eigenvalue weighted by molar-refractivity contribution is 9.10. The number of hydrogen-bond donors (Lipinski definition) is 0. The number of anilines is 1. The number of aryl methyl sites for hydroxylation is 2. The van der Waals surface area contributed by atoms with Crippen LogP contribution in [0.2, 0.25) is 0 Å². The second kappa shape index (κ2) is 6.41. The Bertz CT molecular complexity index is 759. The van der Waals surface area contributed by atoms with Gasteiger partial charge in [-0.2, -0.15) is 0 Å². The molecule has 2 aromatic rings. The van der Waals surface area contributed by atoms with Gasteiger partial charge in [0.25, 0.3) is 0 Å². The molecule has 1 aliphatic heterocycles. The number of halogens is 1. The molecule has 7 heteroatoms. The van der Waals surface area contributed by atoms with Gasteiger partial charge >= 0.3 is 0 Å². The first-order chi connectivity index (χ1) is 10.9. The van der Waals surface area contributed by atoms with Crippen LogP contribution in [0.25, 0.3) is 0 Å². The SMILES string of the molecule is Cc1cc(C)nc(S[C@@H]2CC(=O)N(c3ccc(Br)cc3)C2=O)n1. The fraction of sp³-hybridized carbons (Fsp3) is 0.250. The summed E-state index contributed by atoms with van der Waals surface area (Å²) in [5, 5.41) is 0.0543. The molecule has 1 fully saturated rings. The van der Waals surface area contributed by atoms with Crippen LogP contribution in [-0.4, -0.2) is 27.0 Å². The second-order valence-electron chi connectivity index (χ2n) is 5.29. The number of benzene rings is 1. The van der Waals surface area contributed by atoms with E-state index in [9.17, 15) is 9.59 Å². The topological polar surface area (TPSA) is 63.2 Å². The van der Waals surface area contributed by atoms with Gasteiger partial charge in [0.05, 0.1) is 5.69 Å². The number of hydrogen-bond acceptors (Lipinski definition) is 5. The van der Waals surface area contributed by atoms with Crippen molar-refractivity contribution in [3.8, 4) is 0 Å². The fourth-order valence-corrected chi connectivity index (χ4v) is 3.78. The van der Waals surface area contributed by atoms with Gasteiger partial charge in [-0.15, -0.1) is 0 Å². The fourth-order valence-electron chi connectivity index (χ4n) is 2.43. The van der Waals surface area contributed by atoms with Crippen molar-refractivity contribution < 1.29 is 9.59 Å². The molecule has 1 atom stereocenters. The summed E-state index contributed by atoms with van der Waals surface area (Å²) in [6.07, 6.45) is 0.163. The molecule has 23 heavy (non-hydrogen) atoms. The van der Waals surface area contributed by atoms with Crippen molar-refractivity contribution in [3.05, 3.63) is 46.2 Å². The highest BCUT2D eigenvalue weighted by Gasteiger charge is 2.40. The zero-order chi connectivity index (χ0) is 16.6. The number of amides is 2. The highest BCUT2D eigenvalue weighted by atomic mass is 79.9. The van der Waals surface area contributed by atoms with E-state index in [0.29, 0.717) is 10.8 Å². The molecule has 1 aliphatic rings. The molecule has 0 radical (unpaired) electrons. The first-order valence-corrected chi connectivity index (χ1v) is 8.72. The third kappa shape index (κ3) is 3.45. The Morgan fingerprint density at radius 1 is 1.13 bits per heavy atom. The van der Waals surface area contributed by atoms with Gasteiger partial charge in [-0.25, -0.2) is 14.9 Å². The lowest BCUT2D eigenvalue weighted by molar-refractivity contribution is -0.121. The van der Waals surface area contributed by atoms with Crippen LogP contribution in [-0.2, 0) is 9.59 Å². The number of carbonyl (C=O) groups excluding carboxylic acids is 2. The molecule has 5 nitrogen and oxygen atoms in total. The molecular formula is C16H14BrN3O2S. The first-order valence-electron chi connectivity index (χ1n) is 7.05. The molecule has 0 aliphatic carbocycles. The van der Waals surface area contributed by atoms with Gasteiger partial charge in [-0.1, -0.05) is 27.7 Å². The van der Waals surface area contributed by atoms with E-state index in [2.05, 4.69) is 25.9 Å².